The molecule has 1 aromatic heterocycles. The normalized spacial score (nSPS) is 10.2. The molecule has 1 aromatic carbocycles. The van der Waals surface area contributed by atoms with Gasteiger partial charge in [0.05, 0.1) is 21.3 Å². The number of ether oxygens (including phenoxy) is 3. The van der Waals surface area contributed by atoms with E-state index < -0.39 is 0 Å². The van der Waals surface area contributed by atoms with Gasteiger partial charge >= 0.3 is 0 Å². The first-order valence-electron chi connectivity index (χ1n) is 6.46. The summed E-state index contributed by atoms with van der Waals surface area (Å²) in [6, 6.07) is 8.03. The van der Waals surface area contributed by atoms with E-state index in [0.717, 1.165) is 18.4 Å². The first-order chi connectivity index (χ1) is 9.78. The molecule has 106 valence electrons. The Hall–Kier alpha value is -2.23. The van der Waals surface area contributed by atoms with Crippen LogP contribution in [0, 0.1) is 0 Å². The summed E-state index contributed by atoms with van der Waals surface area (Å²) in [7, 11) is 4.87. The van der Waals surface area contributed by atoms with Gasteiger partial charge in [0.25, 0.3) is 0 Å². The molecule has 0 atom stereocenters. The number of rotatable bonds is 6. The van der Waals surface area contributed by atoms with Gasteiger partial charge in [-0.05, 0) is 48.2 Å². The zero-order valence-corrected chi connectivity index (χ0v) is 12.1. The van der Waals surface area contributed by atoms with Crippen molar-refractivity contribution in [3.63, 3.8) is 0 Å². The second-order valence-electron chi connectivity index (χ2n) is 4.39. The first-order valence-corrected chi connectivity index (χ1v) is 6.46. The lowest BCUT2D eigenvalue weighted by Crippen LogP contribution is -1.98. The average Bonchev–Trinajstić information content (AvgIpc) is 2.52. The van der Waals surface area contributed by atoms with E-state index in [1.165, 1.54) is 5.56 Å². The molecule has 1 heterocycles. The second-order valence-corrected chi connectivity index (χ2v) is 4.39. The lowest BCUT2D eigenvalue weighted by atomic mass is 10.0. The predicted octanol–water partition coefficient (Wildman–Crippen LogP) is 2.89. The van der Waals surface area contributed by atoms with Gasteiger partial charge in [0.15, 0.2) is 11.5 Å². The summed E-state index contributed by atoms with van der Waals surface area (Å²) < 4.78 is 16.0. The highest BCUT2D eigenvalue weighted by Crippen LogP contribution is 2.38. The Labute approximate surface area is 119 Å². The van der Waals surface area contributed by atoms with Crippen molar-refractivity contribution in [2.75, 3.05) is 21.3 Å². The molecule has 0 aliphatic heterocycles. The summed E-state index contributed by atoms with van der Waals surface area (Å²) in [4.78, 5) is 4.02. The minimum absolute atomic E-state index is 0.627. The Kier molecular flexibility index (Phi) is 4.82. The van der Waals surface area contributed by atoms with E-state index in [2.05, 4.69) is 4.98 Å². The molecule has 2 aromatic rings. The van der Waals surface area contributed by atoms with Gasteiger partial charge in [0.2, 0.25) is 5.75 Å². The van der Waals surface area contributed by atoms with E-state index in [0.29, 0.717) is 17.2 Å². The van der Waals surface area contributed by atoms with Crippen molar-refractivity contribution < 1.29 is 14.2 Å². The highest BCUT2D eigenvalue weighted by molar-refractivity contribution is 5.53. The SMILES string of the molecule is COc1cc(CCc2ccncc2)cc(OC)c1OC. The highest BCUT2D eigenvalue weighted by Gasteiger charge is 2.12. The molecule has 4 heteroatoms. The van der Waals surface area contributed by atoms with Crippen LogP contribution in [-0.4, -0.2) is 26.3 Å². The molecule has 20 heavy (non-hydrogen) atoms. The molecule has 0 aliphatic rings. The monoisotopic (exact) mass is 273 g/mol. The second kappa shape index (κ2) is 6.80. The third-order valence-electron chi connectivity index (χ3n) is 3.18. The summed E-state index contributed by atoms with van der Waals surface area (Å²) in [5, 5.41) is 0. The van der Waals surface area contributed by atoms with Gasteiger partial charge in [-0.1, -0.05) is 0 Å². The van der Waals surface area contributed by atoms with Crippen LogP contribution >= 0.6 is 0 Å². The summed E-state index contributed by atoms with van der Waals surface area (Å²) in [6.45, 7) is 0. The molecule has 0 amide bonds. The van der Waals surface area contributed by atoms with Crippen LogP contribution in [0.4, 0.5) is 0 Å². The number of hydrogen-bond acceptors (Lipinski definition) is 4. The third kappa shape index (κ3) is 3.20. The number of methoxy groups -OCH3 is 3. The van der Waals surface area contributed by atoms with Crippen molar-refractivity contribution in [3.8, 4) is 17.2 Å². The van der Waals surface area contributed by atoms with Crippen LogP contribution in [0.3, 0.4) is 0 Å². The van der Waals surface area contributed by atoms with Crippen molar-refractivity contribution in [3.05, 3.63) is 47.8 Å². The van der Waals surface area contributed by atoms with E-state index in [1.807, 2.05) is 36.7 Å². The molecule has 0 saturated heterocycles. The number of hydrogen-bond donors (Lipinski definition) is 0. The van der Waals surface area contributed by atoms with Crippen LogP contribution in [-0.2, 0) is 12.8 Å². The van der Waals surface area contributed by atoms with Crippen molar-refractivity contribution in [2.24, 2.45) is 0 Å². The van der Waals surface area contributed by atoms with Crippen LogP contribution in [0.5, 0.6) is 17.2 Å². The number of pyridine rings is 1. The van der Waals surface area contributed by atoms with Crippen molar-refractivity contribution >= 4 is 0 Å². The molecule has 0 fully saturated rings. The number of nitrogens with zero attached hydrogens (tertiary/aromatic N) is 1. The number of aryl methyl sites for hydroxylation is 2. The van der Waals surface area contributed by atoms with Gasteiger partial charge in [0, 0.05) is 12.4 Å². The Morgan fingerprint density at radius 3 is 1.85 bits per heavy atom. The van der Waals surface area contributed by atoms with Crippen molar-refractivity contribution in [2.45, 2.75) is 12.8 Å². The van der Waals surface area contributed by atoms with Gasteiger partial charge in [-0.25, -0.2) is 0 Å². The fraction of sp³-hybridized carbons (Fsp3) is 0.312. The molecule has 0 radical (unpaired) electrons. The maximum absolute atomic E-state index is 5.36. The highest BCUT2D eigenvalue weighted by atomic mass is 16.5. The predicted molar refractivity (Wildman–Crippen MR) is 77.7 cm³/mol. The van der Waals surface area contributed by atoms with Crippen LogP contribution < -0.4 is 14.2 Å². The van der Waals surface area contributed by atoms with Crippen LogP contribution in [0.25, 0.3) is 0 Å². The molecule has 2 rings (SSSR count). The topological polar surface area (TPSA) is 40.6 Å². The Morgan fingerprint density at radius 2 is 1.35 bits per heavy atom. The molecular weight excluding hydrogens is 254 g/mol. The van der Waals surface area contributed by atoms with Gasteiger partial charge in [-0.2, -0.15) is 0 Å². The molecule has 0 spiro atoms. The van der Waals surface area contributed by atoms with Crippen molar-refractivity contribution in [1.29, 1.82) is 0 Å². The molecule has 0 unspecified atom stereocenters. The lowest BCUT2D eigenvalue weighted by Gasteiger charge is -2.14. The van der Waals surface area contributed by atoms with Gasteiger partial charge in [-0.3, -0.25) is 4.98 Å². The summed E-state index contributed by atoms with van der Waals surface area (Å²) in [5.74, 6) is 2.01. The molecular formula is C16H19NO3. The number of benzene rings is 1. The average molecular weight is 273 g/mol. The first kappa shape index (κ1) is 14.2. The Bertz CT molecular complexity index is 530. The fourth-order valence-corrected chi connectivity index (χ4v) is 2.12. The van der Waals surface area contributed by atoms with E-state index in [-0.39, 0.29) is 0 Å². The Balaban J connectivity index is 2.19. The third-order valence-corrected chi connectivity index (χ3v) is 3.18. The fourth-order valence-electron chi connectivity index (χ4n) is 2.12. The number of aromatic nitrogens is 1. The van der Waals surface area contributed by atoms with Gasteiger partial charge in [0.1, 0.15) is 0 Å². The molecule has 4 nitrogen and oxygen atoms in total. The maximum atomic E-state index is 5.36. The quantitative estimate of drug-likeness (QED) is 0.811. The molecule has 0 aliphatic carbocycles. The van der Waals surface area contributed by atoms with Crippen LogP contribution in [0.15, 0.2) is 36.7 Å². The minimum atomic E-state index is 0.627. The molecule has 0 bridgehead atoms. The summed E-state index contributed by atoms with van der Waals surface area (Å²) in [6.07, 6.45) is 5.47. The smallest absolute Gasteiger partial charge is 0.203 e. The molecule has 0 saturated carbocycles. The van der Waals surface area contributed by atoms with Gasteiger partial charge < -0.3 is 14.2 Å². The molecule has 0 N–H and O–H groups in total. The van der Waals surface area contributed by atoms with E-state index in [4.69, 9.17) is 14.2 Å². The van der Waals surface area contributed by atoms with Gasteiger partial charge in [-0.15, -0.1) is 0 Å². The lowest BCUT2D eigenvalue weighted by molar-refractivity contribution is 0.324. The van der Waals surface area contributed by atoms with Crippen LogP contribution in [0.1, 0.15) is 11.1 Å². The Morgan fingerprint density at radius 1 is 0.800 bits per heavy atom. The van der Waals surface area contributed by atoms with Crippen LogP contribution in [0.2, 0.25) is 0 Å². The van der Waals surface area contributed by atoms with Crippen molar-refractivity contribution in [1.82, 2.24) is 4.98 Å². The largest absolute Gasteiger partial charge is 0.493 e. The minimum Gasteiger partial charge on any atom is -0.493 e. The van der Waals surface area contributed by atoms with E-state index >= 15 is 0 Å². The zero-order valence-electron chi connectivity index (χ0n) is 12.1. The standard InChI is InChI=1S/C16H19NO3/c1-18-14-10-13(11-15(19-2)16(14)20-3)5-4-12-6-8-17-9-7-12/h6-11H,4-5H2,1-3H3. The van der Waals surface area contributed by atoms with E-state index in [1.54, 1.807) is 21.3 Å². The van der Waals surface area contributed by atoms with E-state index in [9.17, 15) is 0 Å². The summed E-state index contributed by atoms with van der Waals surface area (Å²) >= 11 is 0. The zero-order chi connectivity index (χ0) is 14.4. The summed E-state index contributed by atoms with van der Waals surface area (Å²) in [5.41, 5.74) is 2.41. The maximum Gasteiger partial charge on any atom is 0.203 e.